The van der Waals surface area contributed by atoms with E-state index in [9.17, 15) is 0 Å². The van der Waals surface area contributed by atoms with Gasteiger partial charge in [0.15, 0.2) is 0 Å². The molecule has 2 heteroatoms. The van der Waals surface area contributed by atoms with Gasteiger partial charge in [0.25, 0.3) is 0 Å². The fourth-order valence-corrected chi connectivity index (χ4v) is 2.90. The molecule has 1 saturated carbocycles. The molecule has 0 aromatic rings. The van der Waals surface area contributed by atoms with Crippen molar-refractivity contribution in [2.24, 2.45) is 5.41 Å². The molecule has 0 bridgehead atoms. The second-order valence-corrected chi connectivity index (χ2v) is 5.87. The molecule has 0 aromatic heterocycles. The van der Waals surface area contributed by atoms with Crippen LogP contribution in [0.2, 0.25) is 0 Å². The smallest absolute Gasteiger partial charge is 0.0153 e. The first kappa shape index (κ1) is 11.4. The Kier molecular flexibility index (Phi) is 3.36. The predicted octanol–water partition coefficient (Wildman–Crippen LogP) is 2.30. The Bertz CT molecular complexity index is 203. The molecule has 2 rings (SSSR count). The SMILES string of the molecule is CCC1(CNC2(C)CCC2)CCNCC1. The van der Waals surface area contributed by atoms with Crippen LogP contribution in [0.4, 0.5) is 0 Å². The maximum absolute atomic E-state index is 3.83. The van der Waals surface area contributed by atoms with E-state index in [2.05, 4.69) is 24.5 Å². The van der Waals surface area contributed by atoms with Gasteiger partial charge in [0.05, 0.1) is 0 Å². The lowest BCUT2D eigenvalue weighted by atomic mass is 9.73. The van der Waals surface area contributed by atoms with E-state index in [4.69, 9.17) is 0 Å². The number of nitrogens with one attached hydrogen (secondary N) is 2. The van der Waals surface area contributed by atoms with Crippen LogP contribution >= 0.6 is 0 Å². The van der Waals surface area contributed by atoms with E-state index < -0.39 is 0 Å². The van der Waals surface area contributed by atoms with Crippen LogP contribution in [0.3, 0.4) is 0 Å². The van der Waals surface area contributed by atoms with Crippen LogP contribution in [0.15, 0.2) is 0 Å². The molecule has 1 aliphatic heterocycles. The van der Waals surface area contributed by atoms with Gasteiger partial charge in [-0.25, -0.2) is 0 Å². The molecule has 0 atom stereocenters. The van der Waals surface area contributed by atoms with E-state index in [-0.39, 0.29) is 0 Å². The summed E-state index contributed by atoms with van der Waals surface area (Å²) >= 11 is 0. The molecule has 2 aliphatic rings. The molecular formula is C13H26N2. The molecular weight excluding hydrogens is 184 g/mol. The molecule has 88 valence electrons. The molecule has 1 aliphatic carbocycles. The average Bonchev–Trinajstić information content (AvgIpc) is 2.25. The Morgan fingerprint density at radius 2 is 1.80 bits per heavy atom. The van der Waals surface area contributed by atoms with Gasteiger partial charge in [-0.05, 0) is 64.0 Å². The molecule has 0 unspecified atom stereocenters. The summed E-state index contributed by atoms with van der Waals surface area (Å²) in [6.07, 6.45) is 8.22. The van der Waals surface area contributed by atoms with Gasteiger partial charge in [-0.3, -0.25) is 0 Å². The third-order valence-electron chi connectivity index (χ3n) is 4.76. The van der Waals surface area contributed by atoms with Gasteiger partial charge in [0.2, 0.25) is 0 Å². The van der Waals surface area contributed by atoms with Crippen LogP contribution in [-0.2, 0) is 0 Å². The highest BCUT2D eigenvalue weighted by atomic mass is 15.0. The monoisotopic (exact) mass is 210 g/mol. The van der Waals surface area contributed by atoms with Gasteiger partial charge in [-0.15, -0.1) is 0 Å². The molecule has 2 nitrogen and oxygen atoms in total. The molecule has 1 saturated heterocycles. The van der Waals surface area contributed by atoms with Crippen molar-refractivity contribution >= 4 is 0 Å². The maximum atomic E-state index is 3.83. The first-order valence-electron chi connectivity index (χ1n) is 6.64. The minimum absolute atomic E-state index is 0.479. The summed E-state index contributed by atoms with van der Waals surface area (Å²) in [6, 6.07) is 0. The second-order valence-electron chi connectivity index (χ2n) is 5.87. The topological polar surface area (TPSA) is 24.1 Å². The van der Waals surface area contributed by atoms with Crippen molar-refractivity contribution in [2.45, 2.75) is 57.9 Å². The van der Waals surface area contributed by atoms with E-state index in [1.54, 1.807) is 0 Å². The minimum Gasteiger partial charge on any atom is -0.317 e. The minimum atomic E-state index is 0.479. The van der Waals surface area contributed by atoms with Crippen molar-refractivity contribution in [3.63, 3.8) is 0 Å². The van der Waals surface area contributed by atoms with Crippen molar-refractivity contribution in [1.29, 1.82) is 0 Å². The van der Waals surface area contributed by atoms with E-state index in [1.165, 1.54) is 58.2 Å². The standard InChI is InChI=1S/C13H26N2/c1-3-13(7-9-14-10-8-13)11-15-12(2)5-4-6-12/h14-15H,3-11H2,1-2H3. The zero-order chi connectivity index (χ0) is 10.8. The van der Waals surface area contributed by atoms with Gasteiger partial charge < -0.3 is 10.6 Å². The summed E-state index contributed by atoms with van der Waals surface area (Å²) in [7, 11) is 0. The number of piperidine rings is 1. The molecule has 2 N–H and O–H groups in total. The summed E-state index contributed by atoms with van der Waals surface area (Å²) in [6.45, 7) is 8.41. The van der Waals surface area contributed by atoms with E-state index in [1.807, 2.05) is 0 Å². The van der Waals surface area contributed by atoms with Crippen LogP contribution in [0.5, 0.6) is 0 Å². The van der Waals surface area contributed by atoms with Crippen molar-refractivity contribution in [2.75, 3.05) is 19.6 Å². The van der Waals surface area contributed by atoms with Crippen LogP contribution in [0.25, 0.3) is 0 Å². The fraction of sp³-hybridized carbons (Fsp3) is 1.00. The summed E-state index contributed by atoms with van der Waals surface area (Å²) < 4.78 is 0. The first-order valence-corrected chi connectivity index (χ1v) is 6.64. The zero-order valence-electron chi connectivity index (χ0n) is 10.4. The molecule has 15 heavy (non-hydrogen) atoms. The third kappa shape index (κ3) is 2.54. The van der Waals surface area contributed by atoms with Crippen molar-refractivity contribution < 1.29 is 0 Å². The van der Waals surface area contributed by atoms with Crippen molar-refractivity contribution in [1.82, 2.24) is 10.6 Å². The lowest BCUT2D eigenvalue weighted by Gasteiger charge is -2.45. The summed E-state index contributed by atoms with van der Waals surface area (Å²) in [5.74, 6) is 0. The highest BCUT2D eigenvalue weighted by molar-refractivity contribution is 4.95. The maximum Gasteiger partial charge on any atom is 0.0153 e. The summed E-state index contributed by atoms with van der Waals surface area (Å²) in [5, 5.41) is 7.30. The van der Waals surface area contributed by atoms with E-state index >= 15 is 0 Å². The lowest BCUT2D eigenvalue weighted by molar-refractivity contribution is 0.130. The third-order valence-corrected chi connectivity index (χ3v) is 4.76. The van der Waals surface area contributed by atoms with Crippen molar-refractivity contribution in [3.05, 3.63) is 0 Å². The first-order chi connectivity index (χ1) is 7.18. The molecule has 0 spiro atoms. The average molecular weight is 210 g/mol. The summed E-state index contributed by atoms with van der Waals surface area (Å²) in [4.78, 5) is 0. The Labute approximate surface area is 94.2 Å². The van der Waals surface area contributed by atoms with Crippen molar-refractivity contribution in [3.8, 4) is 0 Å². The number of hydrogen-bond donors (Lipinski definition) is 2. The van der Waals surface area contributed by atoms with Crippen LogP contribution < -0.4 is 10.6 Å². The zero-order valence-corrected chi connectivity index (χ0v) is 10.4. The normalized spacial score (nSPS) is 28.4. The van der Waals surface area contributed by atoms with Gasteiger partial charge in [-0.1, -0.05) is 6.92 Å². The number of hydrogen-bond acceptors (Lipinski definition) is 2. The van der Waals surface area contributed by atoms with E-state index in [0.29, 0.717) is 11.0 Å². The van der Waals surface area contributed by atoms with Gasteiger partial charge in [-0.2, -0.15) is 0 Å². The largest absolute Gasteiger partial charge is 0.317 e. The Morgan fingerprint density at radius 3 is 2.27 bits per heavy atom. The second kappa shape index (κ2) is 4.42. The molecule has 1 heterocycles. The lowest BCUT2D eigenvalue weighted by Crippen LogP contribution is -2.53. The molecule has 0 radical (unpaired) electrons. The van der Waals surface area contributed by atoms with Gasteiger partial charge >= 0.3 is 0 Å². The van der Waals surface area contributed by atoms with E-state index in [0.717, 1.165) is 0 Å². The van der Waals surface area contributed by atoms with Crippen LogP contribution in [-0.4, -0.2) is 25.2 Å². The Hall–Kier alpha value is -0.0800. The molecule has 0 aromatic carbocycles. The quantitative estimate of drug-likeness (QED) is 0.744. The van der Waals surface area contributed by atoms with Crippen LogP contribution in [0.1, 0.15) is 52.4 Å². The molecule has 2 fully saturated rings. The highest BCUT2D eigenvalue weighted by Gasteiger charge is 2.36. The predicted molar refractivity (Wildman–Crippen MR) is 65.1 cm³/mol. The summed E-state index contributed by atoms with van der Waals surface area (Å²) in [5.41, 5.74) is 1.07. The van der Waals surface area contributed by atoms with Gasteiger partial charge in [0, 0.05) is 12.1 Å². The molecule has 0 amide bonds. The Balaban J connectivity index is 1.84. The fourth-order valence-electron chi connectivity index (χ4n) is 2.90. The van der Waals surface area contributed by atoms with Crippen LogP contribution in [0, 0.1) is 5.41 Å². The van der Waals surface area contributed by atoms with Gasteiger partial charge in [0.1, 0.15) is 0 Å². The highest BCUT2D eigenvalue weighted by Crippen LogP contribution is 2.35. The number of rotatable bonds is 4. The Morgan fingerprint density at radius 1 is 1.13 bits per heavy atom.